The minimum Gasteiger partial charge on any atom is -0.496 e. The Morgan fingerprint density at radius 2 is 1.86 bits per heavy atom. The molecule has 28 heavy (non-hydrogen) atoms. The lowest BCUT2D eigenvalue weighted by Gasteiger charge is -2.23. The largest absolute Gasteiger partial charge is 0.496 e. The lowest BCUT2D eigenvalue weighted by Crippen LogP contribution is -2.28. The SMILES string of the molecule is COc1cc2c(cc1CN(C)CC1CCN(c3ccccc3)C1)OCCCO2. The molecule has 2 aliphatic heterocycles. The van der Waals surface area contributed by atoms with Crippen molar-refractivity contribution in [3.63, 3.8) is 0 Å². The summed E-state index contributed by atoms with van der Waals surface area (Å²) in [6, 6.07) is 14.8. The Morgan fingerprint density at radius 1 is 1.11 bits per heavy atom. The average Bonchev–Trinajstić information content (AvgIpc) is 3.05. The van der Waals surface area contributed by atoms with Gasteiger partial charge in [0.05, 0.1) is 20.3 Å². The van der Waals surface area contributed by atoms with Crippen molar-refractivity contribution < 1.29 is 14.2 Å². The first kappa shape index (κ1) is 18.9. The highest BCUT2D eigenvalue weighted by Crippen LogP contribution is 2.37. The molecule has 0 N–H and O–H groups in total. The van der Waals surface area contributed by atoms with Crippen molar-refractivity contribution in [3.05, 3.63) is 48.0 Å². The van der Waals surface area contributed by atoms with Crippen LogP contribution in [0.1, 0.15) is 18.4 Å². The minimum absolute atomic E-state index is 0.677. The number of hydrogen-bond donors (Lipinski definition) is 0. The number of anilines is 1. The molecule has 2 heterocycles. The van der Waals surface area contributed by atoms with Crippen LogP contribution in [0.15, 0.2) is 42.5 Å². The molecule has 0 spiro atoms. The molecule has 150 valence electrons. The highest BCUT2D eigenvalue weighted by molar-refractivity contribution is 5.51. The van der Waals surface area contributed by atoms with Gasteiger partial charge in [0.1, 0.15) is 5.75 Å². The molecule has 0 aliphatic carbocycles. The van der Waals surface area contributed by atoms with Gasteiger partial charge in [0.25, 0.3) is 0 Å². The maximum atomic E-state index is 5.86. The highest BCUT2D eigenvalue weighted by Gasteiger charge is 2.24. The van der Waals surface area contributed by atoms with Crippen molar-refractivity contribution >= 4 is 5.69 Å². The smallest absolute Gasteiger partial charge is 0.164 e. The first-order chi connectivity index (χ1) is 13.7. The summed E-state index contributed by atoms with van der Waals surface area (Å²) in [4.78, 5) is 4.88. The molecule has 5 nitrogen and oxygen atoms in total. The minimum atomic E-state index is 0.677. The van der Waals surface area contributed by atoms with Crippen LogP contribution in [0, 0.1) is 5.92 Å². The van der Waals surface area contributed by atoms with Crippen LogP contribution in [0.2, 0.25) is 0 Å². The number of hydrogen-bond acceptors (Lipinski definition) is 5. The number of nitrogens with zero attached hydrogens (tertiary/aromatic N) is 2. The lowest BCUT2D eigenvalue weighted by molar-refractivity contribution is 0.273. The van der Waals surface area contributed by atoms with Crippen LogP contribution >= 0.6 is 0 Å². The molecule has 1 atom stereocenters. The number of ether oxygens (including phenoxy) is 3. The zero-order valence-corrected chi connectivity index (χ0v) is 16.9. The van der Waals surface area contributed by atoms with E-state index in [4.69, 9.17) is 14.2 Å². The van der Waals surface area contributed by atoms with E-state index in [2.05, 4.69) is 53.2 Å². The molecule has 5 heteroatoms. The summed E-state index contributed by atoms with van der Waals surface area (Å²) < 4.78 is 17.3. The van der Waals surface area contributed by atoms with E-state index in [0.717, 1.165) is 55.4 Å². The van der Waals surface area contributed by atoms with E-state index >= 15 is 0 Å². The van der Waals surface area contributed by atoms with E-state index in [1.54, 1.807) is 7.11 Å². The van der Waals surface area contributed by atoms with Gasteiger partial charge in [0, 0.05) is 49.9 Å². The standard InChI is InChI=1S/C23H30N2O3/c1-24(15-18-9-10-25(16-18)20-7-4-3-5-8-20)17-19-13-22-23(14-21(19)26-2)28-12-6-11-27-22/h3-5,7-8,13-14,18H,6,9-12,15-17H2,1-2H3. The third kappa shape index (κ3) is 4.36. The van der Waals surface area contributed by atoms with E-state index in [1.807, 2.05) is 6.07 Å². The van der Waals surface area contributed by atoms with Crippen molar-refractivity contribution in [2.75, 3.05) is 51.9 Å². The summed E-state index contributed by atoms with van der Waals surface area (Å²) in [6.07, 6.45) is 2.14. The lowest BCUT2D eigenvalue weighted by atomic mass is 10.1. The molecule has 1 saturated heterocycles. The van der Waals surface area contributed by atoms with Gasteiger partial charge >= 0.3 is 0 Å². The van der Waals surface area contributed by atoms with Crippen LogP contribution in [0.5, 0.6) is 17.2 Å². The van der Waals surface area contributed by atoms with Gasteiger partial charge in [0.2, 0.25) is 0 Å². The fraction of sp³-hybridized carbons (Fsp3) is 0.478. The average molecular weight is 383 g/mol. The van der Waals surface area contributed by atoms with Gasteiger partial charge in [-0.1, -0.05) is 18.2 Å². The summed E-state index contributed by atoms with van der Waals surface area (Å²) >= 11 is 0. The number of benzene rings is 2. The second-order valence-corrected chi connectivity index (χ2v) is 7.79. The Kier molecular flexibility index (Phi) is 5.91. The fourth-order valence-corrected chi connectivity index (χ4v) is 4.20. The van der Waals surface area contributed by atoms with Crippen molar-refractivity contribution in [1.82, 2.24) is 4.90 Å². The molecule has 0 amide bonds. The summed E-state index contributed by atoms with van der Waals surface area (Å²) in [5.74, 6) is 3.16. The predicted molar refractivity (Wildman–Crippen MR) is 112 cm³/mol. The van der Waals surface area contributed by atoms with E-state index in [0.29, 0.717) is 19.1 Å². The Bertz CT molecular complexity index is 781. The molecule has 0 saturated carbocycles. The third-order valence-corrected chi connectivity index (χ3v) is 5.57. The number of rotatable bonds is 6. The van der Waals surface area contributed by atoms with Gasteiger partial charge in [-0.3, -0.25) is 0 Å². The molecule has 0 bridgehead atoms. The Balaban J connectivity index is 1.38. The van der Waals surface area contributed by atoms with E-state index < -0.39 is 0 Å². The van der Waals surface area contributed by atoms with Crippen LogP contribution in [-0.4, -0.2) is 51.9 Å². The van der Waals surface area contributed by atoms with Crippen LogP contribution in [0.4, 0.5) is 5.69 Å². The molecular formula is C23H30N2O3. The Morgan fingerprint density at radius 3 is 2.61 bits per heavy atom. The van der Waals surface area contributed by atoms with Crippen molar-refractivity contribution in [3.8, 4) is 17.2 Å². The molecule has 0 radical (unpaired) electrons. The topological polar surface area (TPSA) is 34.2 Å². The molecule has 1 fully saturated rings. The second kappa shape index (κ2) is 8.74. The summed E-state index contributed by atoms with van der Waals surface area (Å²) in [7, 11) is 3.91. The molecule has 0 aromatic heterocycles. The normalized spacial score (nSPS) is 19.0. The van der Waals surface area contributed by atoms with Crippen LogP contribution < -0.4 is 19.1 Å². The quantitative estimate of drug-likeness (QED) is 0.759. The maximum absolute atomic E-state index is 5.86. The highest BCUT2D eigenvalue weighted by atomic mass is 16.5. The van der Waals surface area contributed by atoms with Gasteiger partial charge in [-0.2, -0.15) is 0 Å². The van der Waals surface area contributed by atoms with Gasteiger partial charge in [-0.15, -0.1) is 0 Å². The first-order valence-electron chi connectivity index (χ1n) is 10.2. The van der Waals surface area contributed by atoms with Gasteiger partial charge < -0.3 is 24.0 Å². The summed E-state index contributed by atoms with van der Waals surface area (Å²) in [6.45, 7) is 5.55. The summed E-state index contributed by atoms with van der Waals surface area (Å²) in [5, 5.41) is 0. The zero-order valence-electron chi connectivity index (χ0n) is 16.9. The molecular weight excluding hydrogens is 352 g/mol. The number of fused-ring (bicyclic) bond motifs is 1. The molecule has 2 aliphatic rings. The predicted octanol–water partition coefficient (Wildman–Crippen LogP) is 3.81. The van der Waals surface area contributed by atoms with Crippen LogP contribution in [-0.2, 0) is 6.54 Å². The van der Waals surface area contributed by atoms with E-state index in [-0.39, 0.29) is 0 Å². The van der Waals surface area contributed by atoms with E-state index in [9.17, 15) is 0 Å². The Hall–Kier alpha value is -2.40. The van der Waals surface area contributed by atoms with Gasteiger partial charge in [0.15, 0.2) is 11.5 Å². The van der Waals surface area contributed by atoms with Crippen LogP contribution in [0.25, 0.3) is 0 Å². The monoisotopic (exact) mass is 382 g/mol. The molecule has 2 aromatic carbocycles. The number of para-hydroxylation sites is 1. The number of methoxy groups -OCH3 is 1. The van der Waals surface area contributed by atoms with Gasteiger partial charge in [-0.25, -0.2) is 0 Å². The van der Waals surface area contributed by atoms with Crippen molar-refractivity contribution in [2.24, 2.45) is 5.92 Å². The van der Waals surface area contributed by atoms with Crippen molar-refractivity contribution in [2.45, 2.75) is 19.4 Å². The maximum Gasteiger partial charge on any atom is 0.164 e. The fourth-order valence-electron chi connectivity index (χ4n) is 4.20. The molecule has 4 rings (SSSR count). The Labute approximate surface area is 167 Å². The molecule has 2 aromatic rings. The molecule has 1 unspecified atom stereocenters. The first-order valence-corrected chi connectivity index (χ1v) is 10.2. The van der Waals surface area contributed by atoms with Crippen molar-refractivity contribution in [1.29, 1.82) is 0 Å². The second-order valence-electron chi connectivity index (χ2n) is 7.79. The van der Waals surface area contributed by atoms with E-state index in [1.165, 1.54) is 12.1 Å². The zero-order chi connectivity index (χ0) is 19.3. The van der Waals surface area contributed by atoms with Gasteiger partial charge in [-0.05, 0) is 37.6 Å². The summed E-state index contributed by atoms with van der Waals surface area (Å²) in [5.41, 5.74) is 2.48. The third-order valence-electron chi connectivity index (χ3n) is 5.57. The van der Waals surface area contributed by atoms with Crippen LogP contribution in [0.3, 0.4) is 0 Å².